The lowest BCUT2D eigenvalue weighted by atomic mass is 10.1. The van der Waals surface area contributed by atoms with Crippen molar-refractivity contribution in [1.82, 2.24) is 10.2 Å². The van der Waals surface area contributed by atoms with E-state index in [1.807, 2.05) is 18.2 Å². The number of rotatable bonds is 5. The summed E-state index contributed by atoms with van der Waals surface area (Å²) >= 11 is 0. The van der Waals surface area contributed by atoms with Crippen LogP contribution in [0, 0.1) is 0 Å². The van der Waals surface area contributed by atoms with Crippen LogP contribution in [0.15, 0.2) is 30.3 Å². The Bertz CT molecular complexity index is 417. The number of hydrogen-bond acceptors (Lipinski definition) is 2. The number of carbonyl (C=O) groups is 2. The summed E-state index contributed by atoms with van der Waals surface area (Å²) in [5.74, 6) is -0.0574. The molecule has 18 heavy (non-hydrogen) atoms. The highest BCUT2D eigenvalue weighted by molar-refractivity contribution is 5.95. The number of nitrogens with one attached hydrogen (secondary N) is 1. The van der Waals surface area contributed by atoms with Gasteiger partial charge in [0.25, 0.3) is 0 Å². The summed E-state index contributed by atoms with van der Waals surface area (Å²) in [7, 11) is 0. The maximum absolute atomic E-state index is 11.7. The van der Waals surface area contributed by atoms with Gasteiger partial charge < -0.3 is 5.32 Å². The highest BCUT2D eigenvalue weighted by atomic mass is 16.2. The lowest BCUT2D eigenvalue weighted by molar-refractivity contribution is -0.127. The SMILES string of the molecule is O=C(CCCCc1ccccc1)N1CCNC1=O. The average Bonchev–Trinajstić information content (AvgIpc) is 2.82. The minimum absolute atomic E-state index is 0.0574. The lowest BCUT2D eigenvalue weighted by Gasteiger charge is -2.11. The normalized spacial score (nSPS) is 14.7. The standard InChI is InChI=1S/C14H18N2O2/c17-13(16-11-10-15-14(16)18)9-5-4-8-12-6-2-1-3-7-12/h1-3,6-7H,4-5,8-11H2,(H,15,18). The Morgan fingerprint density at radius 3 is 2.67 bits per heavy atom. The zero-order valence-corrected chi connectivity index (χ0v) is 10.4. The fraction of sp³-hybridized carbons (Fsp3) is 0.429. The summed E-state index contributed by atoms with van der Waals surface area (Å²) in [6.07, 6.45) is 3.25. The van der Waals surface area contributed by atoms with E-state index < -0.39 is 0 Å². The summed E-state index contributed by atoms with van der Waals surface area (Å²) < 4.78 is 0. The molecule has 1 aromatic rings. The summed E-state index contributed by atoms with van der Waals surface area (Å²) in [4.78, 5) is 24.3. The van der Waals surface area contributed by atoms with Crippen LogP contribution < -0.4 is 5.32 Å². The Balaban J connectivity index is 1.66. The molecule has 1 saturated heterocycles. The van der Waals surface area contributed by atoms with Crippen LogP contribution in [-0.4, -0.2) is 29.9 Å². The van der Waals surface area contributed by atoms with Crippen molar-refractivity contribution in [1.29, 1.82) is 0 Å². The van der Waals surface area contributed by atoms with Gasteiger partial charge in [-0.05, 0) is 24.8 Å². The smallest absolute Gasteiger partial charge is 0.324 e. The van der Waals surface area contributed by atoms with E-state index in [-0.39, 0.29) is 11.9 Å². The maximum atomic E-state index is 11.7. The van der Waals surface area contributed by atoms with Crippen molar-refractivity contribution in [3.05, 3.63) is 35.9 Å². The van der Waals surface area contributed by atoms with E-state index in [9.17, 15) is 9.59 Å². The predicted octanol–water partition coefficient (Wildman–Crippen LogP) is 1.95. The first kappa shape index (κ1) is 12.6. The Kier molecular flexibility index (Phi) is 4.34. The van der Waals surface area contributed by atoms with Crippen LogP contribution in [0.25, 0.3) is 0 Å². The van der Waals surface area contributed by atoms with E-state index in [1.165, 1.54) is 10.5 Å². The molecule has 0 radical (unpaired) electrons. The van der Waals surface area contributed by atoms with E-state index in [0.717, 1.165) is 19.3 Å². The highest BCUT2D eigenvalue weighted by Crippen LogP contribution is 2.08. The van der Waals surface area contributed by atoms with Crippen molar-refractivity contribution in [3.63, 3.8) is 0 Å². The number of unbranched alkanes of at least 4 members (excludes halogenated alkanes) is 1. The Morgan fingerprint density at radius 1 is 1.22 bits per heavy atom. The minimum atomic E-state index is -0.247. The fourth-order valence-electron chi connectivity index (χ4n) is 2.09. The number of benzene rings is 1. The molecule has 1 fully saturated rings. The lowest BCUT2D eigenvalue weighted by Crippen LogP contribution is -2.33. The molecule has 4 heteroatoms. The van der Waals surface area contributed by atoms with Crippen LogP contribution in [-0.2, 0) is 11.2 Å². The van der Waals surface area contributed by atoms with Crippen LogP contribution in [0.4, 0.5) is 4.79 Å². The number of nitrogens with zero attached hydrogens (tertiary/aromatic N) is 1. The largest absolute Gasteiger partial charge is 0.336 e. The number of hydrogen-bond donors (Lipinski definition) is 1. The zero-order chi connectivity index (χ0) is 12.8. The first-order valence-corrected chi connectivity index (χ1v) is 6.39. The molecule has 0 spiro atoms. The van der Waals surface area contributed by atoms with E-state index in [1.54, 1.807) is 0 Å². The van der Waals surface area contributed by atoms with Gasteiger partial charge in [-0.2, -0.15) is 0 Å². The van der Waals surface area contributed by atoms with Crippen LogP contribution in [0.3, 0.4) is 0 Å². The minimum Gasteiger partial charge on any atom is -0.336 e. The first-order valence-electron chi connectivity index (χ1n) is 6.39. The quantitative estimate of drug-likeness (QED) is 0.807. The molecule has 0 bridgehead atoms. The van der Waals surface area contributed by atoms with Crippen molar-refractivity contribution in [2.24, 2.45) is 0 Å². The molecular formula is C14H18N2O2. The second-order valence-electron chi connectivity index (χ2n) is 4.47. The highest BCUT2D eigenvalue weighted by Gasteiger charge is 2.25. The van der Waals surface area contributed by atoms with Gasteiger partial charge in [-0.15, -0.1) is 0 Å². The van der Waals surface area contributed by atoms with Gasteiger partial charge >= 0.3 is 6.03 Å². The number of amides is 3. The van der Waals surface area contributed by atoms with Crippen molar-refractivity contribution in [3.8, 4) is 0 Å². The number of urea groups is 1. The molecule has 0 aromatic heterocycles. The van der Waals surface area contributed by atoms with E-state index in [4.69, 9.17) is 0 Å². The summed E-state index contributed by atoms with van der Waals surface area (Å²) in [6.45, 7) is 1.09. The Hall–Kier alpha value is -1.84. The third-order valence-electron chi connectivity index (χ3n) is 3.11. The van der Waals surface area contributed by atoms with Gasteiger partial charge in [0.15, 0.2) is 0 Å². The molecule has 0 aliphatic carbocycles. The average molecular weight is 246 g/mol. The molecule has 2 rings (SSSR count). The molecule has 1 heterocycles. The van der Waals surface area contributed by atoms with Gasteiger partial charge in [-0.25, -0.2) is 4.79 Å². The topological polar surface area (TPSA) is 49.4 Å². The van der Waals surface area contributed by atoms with E-state index in [2.05, 4.69) is 17.4 Å². The van der Waals surface area contributed by atoms with Crippen molar-refractivity contribution in [2.45, 2.75) is 25.7 Å². The molecule has 1 aliphatic heterocycles. The first-order chi connectivity index (χ1) is 8.77. The van der Waals surface area contributed by atoms with Gasteiger partial charge in [-0.3, -0.25) is 9.69 Å². The van der Waals surface area contributed by atoms with Crippen LogP contribution in [0.1, 0.15) is 24.8 Å². The molecule has 0 atom stereocenters. The molecule has 96 valence electrons. The van der Waals surface area contributed by atoms with E-state index in [0.29, 0.717) is 19.5 Å². The fourth-order valence-corrected chi connectivity index (χ4v) is 2.09. The molecule has 1 aliphatic rings. The van der Waals surface area contributed by atoms with E-state index >= 15 is 0 Å². The van der Waals surface area contributed by atoms with Gasteiger partial charge in [-0.1, -0.05) is 30.3 Å². The monoisotopic (exact) mass is 246 g/mol. The van der Waals surface area contributed by atoms with Crippen molar-refractivity contribution in [2.75, 3.05) is 13.1 Å². The van der Waals surface area contributed by atoms with Gasteiger partial charge in [0.2, 0.25) is 5.91 Å². The second kappa shape index (κ2) is 6.19. The zero-order valence-electron chi connectivity index (χ0n) is 10.4. The van der Waals surface area contributed by atoms with Crippen LogP contribution >= 0.6 is 0 Å². The van der Waals surface area contributed by atoms with Crippen LogP contribution in [0.5, 0.6) is 0 Å². The molecule has 0 unspecified atom stereocenters. The third-order valence-corrected chi connectivity index (χ3v) is 3.11. The van der Waals surface area contributed by atoms with Crippen molar-refractivity contribution < 1.29 is 9.59 Å². The third kappa shape index (κ3) is 3.32. The molecule has 1 aromatic carbocycles. The summed E-state index contributed by atoms with van der Waals surface area (Å²) in [5, 5.41) is 2.63. The maximum Gasteiger partial charge on any atom is 0.324 e. The summed E-state index contributed by atoms with van der Waals surface area (Å²) in [6, 6.07) is 9.98. The molecule has 1 N–H and O–H groups in total. The second-order valence-corrected chi connectivity index (χ2v) is 4.47. The predicted molar refractivity (Wildman–Crippen MR) is 69.1 cm³/mol. The van der Waals surface area contributed by atoms with Gasteiger partial charge in [0.05, 0.1) is 0 Å². The van der Waals surface area contributed by atoms with Crippen molar-refractivity contribution >= 4 is 11.9 Å². The Morgan fingerprint density at radius 2 is 2.00 bits per heavy atom. The summed E-state index contributed by atoms with van der Waals surface area (Å²) in [5.41, 5.74) is 1.30. The number of aryl methyl sites for hydroxylation is 1. The molecule has 3 amide bonds. The number of imide groups is 1. The van der Waals surface area contributed by atoms with Crippen LogP contribution in [0.2, 0.25) is 0 Å². The molecule has 0 saturated carbocycles. The van der Waals surface area contributed by atoms with Gasteiger partial charge in [0, 0.05) is 19.5 Å². The Labute approximate surface area is 107 Å². The molecule has 4 nitrogen and oxygen atoms in total. The molecular weight excluding hydrogens is 228 g/mol. The number of carbonyl (C=O) groups excluding carboxylic acids is 2. The van der Waals surface area contributed by atoms with Gasteiger partial charge in [0.1, 0.15) is 0 Å².